The van der Waals surface area contributed by atoms with E-state index in [4.69, 9.17) is 33.2 Å². The number of rotatable bonds is 12. The first-order chi connectivity index (χ1) is 9.92. The van der Waals surface area contributed by atoms with Crippen LogP contribution < -0.4 is 0 Å². The summed E-state index contributed by atoms with van der Waals surface area (Å²) >= 11 is 0. The topological polar surface area (TPSA) is 64.6 Å². The number of hydrogen-bond acceptors (Lipinski definition) is 7. The van der Waals surface area contributed by atoms with Gasteiger partial charge >= 0.3 is 11.8 Å². The molecule has 7 heteroatoms. The molecule has 0 aliphatic carbocycles. The minimum absolute atomic E-state index is 0.399. The van der Waals surface area contributed by atoms with Gasteiger partial charge in [-0.1, -0.05) is 13.3 Å². The van der Waals surface area contributed by atoms with Crippen LogP contribution in [0.15, 0.2) is 0 Å². The molecule has 0 bridgehead atoms. The minimum Gasteiger partial charge on any atom is -0.349 e. The smallest absolute Gasteiger partial charge is 0.346 e. The van der Waals surface area contributed by atoms with Gasteiger partial charge in [0.15, 0.2) is 0 Å². The van der Waals surface area contributed by atoms with Crippen LogP contribution in [0.4, 0.5) is 0 Å². The van der Waals surface area contributed by atoms with E-state index in [2.05, 4.69) is 6.92 Å². The molecule has 0 heterocycles. The van der Waals surface area contributed by atoms with Crippen LogP contribution in [0.1, 0.15) is 26.7 Å². The minimum atomic E-state index is -1.66. The molecule has 0 aromatic rings. The van der Waals surface area contributed by atoms with Crippen molar-refractivity contribution in [2.24, 2.45) is 0 Å². The highest BCUT2D eigenvalue weighted by Crippen LogP contribution is 2.43. The van der Waals surface area contributed by atoms with Crippen molar-refractivity contribution in [1.82, 2.24) is 0 Å². The van der Waals surface area contributed by atoms with Gasteiger partial charge in [0, 0.05) is 42.7 Å². The maximum Gasteiger partial charge on any atom is 0.346 e. The molecule has 0 amide bonds. The molecular formula is C14H30O7. The highest BCUT2D eigenvalue weighted by Gasteiger charge is 2.68. The molecule has 21 heavy (non-hydrogen) atoms. The maximum atomic E-state index is 5.81. The van der Waals surface area contributed by atoms with Gasteiger partial charge in [0.05, 0.1) is 6.61 Å². The van der Waals surface area contributed by atoms with Gasteiger partial charge in [-0.25, -0.2) is 0 Å². The summed E-state index contributed by atoms with van der Waals surface area (Å²) < 4.78 is 38.8. The quantitative estimate of drug-likeness (QED) is 0.402. The van der Waals surface area contributed by atoms with Crippen LogP contribution in [0.25, 0.3) is 0 Å². The van der Waals surface area contributed by atoms with E-state index in [1.807, 2.05) is 0 Å². The van der Waals surface area contributed by atoms with Crippen LogP contribution in [0.5, 0.6) is 0 Å². The van der Waals surface area contributed by atoms with Crippen LogP contribution >= 0.6 is 0 Å². The van der Waals surface area contributed by atoms with Crippen LogP contribution in [-0.4, -0.2) is 66.8 Å². The predicted octanol–water partition coefficient (Wildman–Crippen LogP) is 1.75. The van der Waals surface area contributed by atoms with E-state index in [9.17, 15) is 0 Å². The van der Waals surface area contributed by atoms with Gasteiger partial charge in [-0.15, -0.1) is 0 Å². The zero-order valence-corrected chi connectivity index (χ0v) is 14.5. The number of methoxy groups -OCH3 is 6. The largest absolute Gasteiger partial charge is 0.349 e. The SMILES string of the molecule is CCCCOC(OC)(OC)C(OC)(OC)C(C)(OC)OC. The van der Waals surface area contributed by atoms with E-state index in [-0.39, 0.29) is 0 Å². The van der Waals surface area contributed by atoms with Crippen molar-refractivity contribution in [1.29, 1.82) is 0 Å². The number of hydrogen-bond donors (Lipinski definition) is 0. The average molecular weight is 310 g/mol. The summed E-state index contributed by atoms with van der Waals surface area (Å²) in [6, 6.07) is 0. The van der Waals surface area contributed by atoms with Crippen LogP contribution in [0.2, 0.25) is 0 Å². The first-order valence-electron chi connectivity index (χ1n) is 6.87. The molecule has 0 aliphatic rings. The Balaban J connectivity index is 5.81. The van der Waals surface area contributed by atoms with Crippen molar-refractivity contribution in [3.05, 3.63) is 0 Å². The summed E-state index contributed by atoms with van der Waals surface area (Å²) in [5, 5.41) is 0. The molecule has 0 rings (SSSR count). The zero-order chi connectivity index (χ0) is 16.6. The lowest BCUT2D eigenvalue weighted by Crippen LogP contribution is -2.72. The predicted molar refractivity (Wildman–Crippen MR) is 76.8 cm³/mol. The lowest BCUT2D eigenvalue weighted by Gasteiger charge is -2.51. The van der Waals surface area contributed by atoms with Crippen molar-refractivity contribution in [2.45, 2.75) is 44.2 Å². The molecule has 0 aliphatic heterocycles. The first kappa shape index (κ1) is 20.7. The first-order valence-corrected chi connectivity index (χ1v) is 6.87. The number of unbranched alkanes of at least 4 members (excludes halogenated alkanes) is 1. The molecule has 128 valence electrons. The second-order valence-corrected chi connectivity index (χ2v) is 4.55. The van der Waals surface area contributed by atoms with Crippen LogP contribution in [0.3, 0.4) is 0 Å². The van der Waals surface area contributed by atoms with E-state index < -0.39 is 17.5 Å². The van der Waals surface area contributed by atoms with Gasteiger partial charge < -0.3 is 33.2 Å². The van der Waals surface area contributed by atoms with E-state index >= 15 is 0 Å². The summed E-state index contributed by atoms with van der Waals surface area (Å²) in [4.78, 5) is 0. The summed E-state index contributed by atoms with van der Waals surface area (Å²) in [6.07, 6.45) is 1.79. The van der Waals surface area contributed by atoms with Crippen molar-refractivity contribution in [3.8, 4) is 0 Å². The highest BCUT2D eigenvalue weighted by molar-refractivity contribution is 4.94. The Kier molecular flexibility index (Phi) is 8.87. The summed E-state index contributed by atoms with van der Waals surface area (Å²) in [5.41, 5.74) is 0. The Morgan fingerprint density at radius 1 is 0.714 bits per heavy atom. The zero-order valence-electron chi connectivity index (χ0n) is 14.5. The third-order valence-electron chi connectivity index (χ3n) is 3.68. The Labute approximate surface area is 127 Å². The fourth-order valence-corrected chi connectivity index (χ4v) is 2.25. The fraction of sp³-hybridized carbons (Fsp3) is 1.00. The normalized spacial score (nSPS) is 13.7. The van der Waals surface area contributed by atoms with Crippen molar-refractivity contribution in [3.63, 3.8) is 0 Å². The summed E-state index contributed by atoms with van der Waals surface area (Å²) in [5.74, 6) is -4.61. The van der Waals surface area contributed by atoms with Crippen molar-refractivity contribution < 1.29 is 33.2 Å². The Bertz CT molecular complexity index is 270. The summed E-state index contributed by atoms with van der Waals surface area (Å²) in [7, 11) is 8.70. The van der Waals surface area contributed by atoms with Gasteiger partial charge in [-0.05, 0) is 13.3 Å². The van der Waals surface area contributed by atoms with Crippen molar-refractivity contribution >= 4 is 0 Å². The molecule has 0 fully saturated rings. The molecule has 0 aromatic heterocycles. The molecule has 0 saturated heterocycles. The van der Waals surface area contributed by atoms with Gasteiger partial charge in [0.25, 0.3) is 0 Å². The Morgan fingerprint density at radius 3 is 1.48 bits per heavy atom. The van der Waals surface area contributed by atoms with E-state index in [0.29, 0.717) is 6.61 Å². The van der Waals surface area contributed by atoms with E-state index in [1.165, 1.54) is 42.7 Å². The molecule has 0 saturated carbocycles. The van der Waals surface area contributed by atoms with E-state index in [0.717, 1.165) is 12.8 Å². The average Bonchev–Trinajstić information content (AvgIpc) is 2.54. The van der Waals surface area contributed by atoms with Gasteiger partial charge in [0.1, 0.15) is 0 Å². The van der Waals surface area contributed by atoms with Gasteiger partial charge in [0.2, 0.25) is 5.79 Å². The lowest BCUT2D eigenvalue weighted by atomic mass is 10.0. The Morgan fingerprint density at radius 2 is 1.19 bits per heavy atom. The second-order valence-electron chi connectivity index (χ2n) is 4.55. The molecule has 0 radical (unpaired) electrons. The highest BCUT2D eigenvalue weighted by atomic mass is 16.9. The standard InChI is InChI=1S/C14H30O7/c1-9-10-11-21-14(19-7,20-8)13(17-5,18-6)12(2,15-3)16-4/h9-11H2,1-8H3. The fourth-order valence-electron chi connectivity index (χ4n) is 2.25. The Hall–Kier alpha value is -0.280. The molecule has 0 spiro atoms. The lowest BCUT2D eigenvalue weighted by molar-refractivity contribution is -0.533. The molecule has 0 N–H and O–H groups in total. The monoisotopic (exact) mass is 310 g/mol. The van der Waals surface area contributed by atoms with Crippen molar-refractivity contribution in [2.75, 3.05) is 49.3 Å². The molecule has 0 atom stereocenters. The molecule has 0 aromatic carbocycles. The van der Waals surface area contributed by atoms with E-state index in [1.54, 1.807) is 6.92 Å². The second kappa shape index (κ2) is 8.99. The summed E-state index contributed by atoms with van der Waals surface area (Å²) in [6.45, 7) is 4.10. The van der Waals surface area contributed by atoms with Gasteiger partial charge in [-0.2, -0.15) is 0 Å². The van der Waals surface area contributed by atoms with Crippen LogP contribution in [0, 0.1) is 0 Å². The van der Waals surface area contributed by atoms with Gasteiger partial charge in [-0.3, -0.25) is 0 Å². The maximum absolute atomic E-state index is 5.81. The third kappa shape index (κ3) is 3.56. The molecule has 0 unspecified atom stereocenters. The number of ether oxygens (including phenoxy) is 7. The molecule has 7 nitrogen and oxygen atoms in total. The van der Waals surface area contributed by atoms with Crippen LogP contribution in [-0.2, 0) is 33.2 Å². The molecular weight excluding hydrogens is 280 g/mol. The third-order valence-corrected chi connectivity index (χ3v) is 3.68.